The lowest BCUT2D eigenvalue weighted by molar-refractivity contribution is -0.120. The molecular formula is C15H12O4. The van der Waals surface area contributed by atoms with Crippen molar-refractivity contribution in [2.75, 3.05) is 0 Å². The van der Waals surface area contributed by atoms with Crippen molar-refractivity contribution < 1.29 is 19.4 Å². The highest BCUT2D eigenvalue weighted by atomic mass is 16.5. The molecule has 19 heavy (non-hydrogen) atoms. The number of benzene rings is 2. The monoisotopic (exact) mass is 256 g/mol. The molecule has 0 fully saturated rings. The maximum Gasteiger partial charge on any atom is 0.336 e. The van der Waals surface area contributed by atoms with Gasteiger partial charge < -0.3 is 9.84 Å². The van der Waals surface area contributed by atoms with Gasteiger partial charge in [-0.2, -0.15) is 0 Å². The van der Waals surface area contributed by atoms with Crippen LogP contribution in [0, 0.1) is 6.92 Å². The summed E-state index contributed by atoms with van der Waals surface area (Å²) < 4.78 is 4.91. The maximum absolute atomic E-state index is 11.3. The average Bonchev–Trinajstić information content (AvgIpc) is 2.40. The van der Waals surface area contributed by atoms with Gasteiger partial charge in [-0.1, -0.05) is 30.3 Å². The van der Waals surface area contributed by atoms with Crippen molar-refractivity contribution in [2.24, 2.45) is 0 Å². The third-order valence-corrected chi connectivity index (χ3v) is 2.83. The number of carboxylic acids is 1. The summed E-state index contributed by atoms with van der Waals surface area (Å²) in [6.07, 6.45) is 0. The Balaban J connectivity index is 2.71. The first-order chi connectivity index (χ1) is 9.15. The molecule has 0 aliphatic carbocycles. The third-order valence-electron chi connectivity index (χ3n) is 2.83. The fourth-order valence-corrected chi connectivity index (χ4v) is 2.03. The van der Waals surface area contributed by atoms with Gasteiger partial charge in [0.25, 0.3) is 6.47 Å². The first-order valence-electron chi connectivity index (χ1n) is 5.67. The van der Waals surface area contributed by atoms with E-state index in [-0.39, 0.29) is 5.56 Å². The highest BCUT2D eigenvalue weighted by Crippen LogP contribution is 2.34. The molecule has 1 N–H and O–H groups in total. The summed E-state index contributed by atoms with van der Waals surface area (Å²) in [4.78, 5) is 21.8. The number of rotatable bonds is 4. The molecule has 0 saturated carbocycles. The van der Waals surface area contributed by atoms with E-state index in [1.807, 2.05) is 13.0 Å². The molecule has 0 aromatic heterocycles. The van der Waals surface area contributed by atoms with Crippen LogP contribution in [-0.4, -0.2) is 17.5 Å². The molecule has 2 aromatic rings. The normalized spacial score (nSPS) is 9.95. The Morgan fingerprint density at radius 1 is 1.16 bits per heavy atom. The largest absolute Gasteiger partial charge is 0.478 e. The van der Waals surface area contributed by atoms with E-state index in [1.165, 1.54) is 6.07 Å². The second kappa shape index (κ2) is 5.35. The van der Waals surface area contributed by atoms with Gasteiger partial charge in [0.1, 0.15) is 5.75 Å². The zero-order valence-corrected chi connectivity index (χ0v) is 10.3. The molecule has 0 bridgehead atoms. The van der Waals surface area contributed by atoms with E-state index in [1.54, 1.807) is 30.3 Å². The molecule has 0 unspecified atom stereocenters. The predicted octanol–water partition coefficient (Wildman–Crippen LogP) is 2.90. The van der Waals surface area contributed by atoms with Crippen LogP contribution in [0.4, 0.5) is 0 Å². The van der Waals surface area contributed by atoms with Crippen LogP contribution < -0.4 is 4.74 Å². The quantitative estimate of drug-likeness (QED) is 0.854. The lowest BCUT2D eigenvalue weighted by atomic mass is 9.94. The minimum absolute atomic E-state index is 0.182. The van der Waals surface area contributed by atoms with Gasteiger partial charge in [0, 0.05) is 11.1 Å². The second-order valence-corrected chi connectivity index (χ2v) is 4.01. The fraction of sp³-hybridized carbons (Fsp3) is 0.0667. The predicted molar refractivity (Wildman–Crippen MR) is 70.3 cm³/mol. The first-order valence-corrected chi connectivity index (χ1v) is 5.67. The molecule has 0 spiro atoms. The summed E-state index contributed by atoms with van der Waals surface area (Å²) in [5.74, 6) is -0.672. The zero-order valence-electron chi connectivity index (χ0n) is 10.3. The van der Waals surface area contributed by atoms with Crippen LogP contribution in [-0.2, 0) is 4.79 Å². The molecule has 0 atom stereocenters. The number of carboxylic acid groups (broad SMARTS) is 1. The van der Waals surface area contributed by atoms with Gasteiger partial charge in [-0.25, -0.2) is 4.79 Å². The Labute approximate surface area is 110 Å². The fourth-order valence-electron chi connectivity index (χ4n) is 2.03. The smallest absolute Gasteiger partial charge is 0.336 e. The van der Waals surface area contributed by atoms with Crippen molar-refractivity contribution >= 4 is 12.4 Å². The average molecular weight is 256 g/mol. The Morgan fingerprint density at radius 2 is 1.89 bits per heavy atom. The van der Waals surface area contributed by atoms with Crippen molar-refractivity contribution in [1.29, 1.82) is 0 Å². The van der Waals surface area contributed by atoms with Crippen LogP contribution in [0.3, 0.4) is 0 Å². The van der Waals surface area contributed by atoms with E-state index in [9.17, 15) is 14.7 Å². The minimum Gasteiger partial charge on any atom is -0.478 e. The van der Waals surface area contributed by atoms with Gasteiger partial charge in [-0.3, -0.25) is 4.79 Å². The van der Waals surface area contributed by atoms with Gasteiger partial charge in [0.15, 0.2) is 0 Å². The molecule has 4 nitrogen and oxygen atoms in total. The Hall–Kier alpha value is -2.62. The number of aryl methyl sites for hydroxylation is 1. The molecule has 0 radical (unpaired) electrons. The molecule has 4 heteroatoms. The molecule has 0 amide bonds. The van der Waals surface area contributed by atoms with E-state index < -0.39 is 5.97 Å². The standard InChI is InChI=1S/C15H12O4/c1-10-5-4-7-12(15(17)18)14(10)11-6-2-3-8-13(11)19-9-16/h2-9H,1H3,(H,17,18). The molecule has 2 rings (SSSR count). The van der Waals surface area contributed by atoms with Gasteiger partial charge in [-0.05, 0) is 24.6 Å². The van der Waals surface area contributed by atoms with Crippen LogP contribution in [0.25, 0.3) is 11.1 Å². The number of carbonyl (C=O) groups is 2. The van der Waals surface area contributed by atoms with E-state index in [0.29, 0.717) is 23.3 Å². The van der Waals surface area contributed by atoms with Crippen LogP contribution in [0.5, 0.6) is 5.75 Å². The molecular weight excluding hydrogens is 244 g/mol. The van der Waals surface area contributed by atoms with Gasteiger partial charge in [0.2, 0.25) is 0 Å². The van der Waals surface area contributed by atoms with Gasteiger partial charge in [0.05, 0.1) is 5.56 Å². The van der Waals surface area contributed by atoms with E-state index in [0.717, 1.165) is 5.56 Å². The molecule has 0 aliphatic rings. The van der Waals surface area contributed by atoms with Gasteiger partial charge in [-0.15, -0.1) is 0 Å². The first kappa shape index (κ1) is 12.8. The molecule has 0 saturated heterocycles. The summed E-state index contributed by atoms with van der Waals surface area (Å²) in [5.41, 5.74) is 2.14. The topological polar surface area (TPSA) is 63.6 Å². The second-order valence-electron chi connectivity index (χ2n) is 4.01. The van der Waals surface area contributed by atoms with Crippen LogP contribution in [0.1, 0.15) is 15.9 Å². The number of hydrogen-bond acceptors (Lipinski definition) is 3. The number of carbonyl (C=O) groups excluding carboxylic acids is 1. The molecule has 96 valence electrons. The van der Waals surface area contributed by atoms with E-state index in [4.69, 9.17) is 4.74 Å². The van der Waals surface area contributed by atoms with Crippen molar-refractivity contribution in [2.45, 2.75) is 6.92 Å². The van der Waals surface area contributed by atoms with Crippen molar-refractivity contribution in [3.63, 3.8) is 0 Å². The van der Waals surface area contributed by atoms with Crippen molar-refractivity contribution in [1.82, 2.24) is 0 Å². The molecule has 0 aliphatic heterocycles. The SMILES string of the molecule is Cc1cccc(C(=O)O)c1-c1ccccc1OC=O. The number of para-hydroxylation sites is 1. The summed E-state index contributed by atoms with van der Waals surface area (Å²) in [7, 11) is 0. The Morgan fingerprint density at radius 3 is 2.58 bits per heavy atom. The zero-order chi connectivity index (χ0) is 13.8. The minimum atomic E-state index is -1.01. The van der Waals surface area contributed by atoms with Crippen LogP contribution >= 0.6 is 0 Å². The third kappa shape index (κ3) is 2.47. The summed E-state index contributed by atoms with van der Waals surface area (Å²) in [6.45, 7) is 2.15. The lowest BCUT2D eigenvalue weighted by Gasteiger charge is -2.12. The number of aromatic carboxylic acids is 1. The number of hydrogen-bond donors (Lipinski definition) is 1. The summed E-state index contributed by atoms with van der Waals surface area (Å²) in [6, 6.07) is 11.9. The summed E-state index contributed by atoms with van der Waals surface area (Å²) in [5, 5.41) is 9.26. The van der Waals surface area contributed by atoms with Crippen molar-refractivity contribution in [3.8, 4) is 16.9 Å². The highest BCUT2D eigenvalue weighted by Gasteiger charge is 2.16. The highest BCUT2D eigenvalue weighted by molar-refractivity contribution is 5.98. The number of ether oxygens (including phenoxy) is 1. The van der Waals surface area contributed by atoms with Crippen LogP contribution in [0.15, 0.2) is 42.5 Å². The Bertz CT molecular complexity index is 632. The molecule has 0 heterocycles. The Kier molecular flexibility index (Phi) is 3.61. The lowest BCUT2D eigenvalue weighted by Crippen LogP contribution is -2.02. The van der Waals surface area contributed by atoms with Crippen LogP contribution in [0.2, 0.25) is 0 Å². The molecule has 2 aromatic carbocycles. The maximum atomic E-state index is 11.3. The van der Waals surface area contributed by atoms with E-state index in [2.05, 4.69) is 0 Å². The van der Waals surface area contributed by atoms with Gasteiger partial charge >= 0.3 is 5.97 Å². The van der Waals surface area contributed by atoms with Crippen molar-refractivity contribution in [3.05, 3.63) is 53.6 Å². The summed E-state index contributed by atoms with van der Waals surface area (Å²) >= 11 is 0. The van der Waals surface area contributed by atoms with E-state index >= 15 is 0 Å².